The lowest BCUT2D eigenvalue weighted by Gasteiger charge is -2.22. The fourth-order valence-corrected chi connectivity index (χ4v) is 2.87. The van der Waals surface area contributed by atoms with Crippen LogP contribution in [0.15, 0.2) is 22.7 Å². The van der Waals surface area contributed by atoms with Gasteiger partial charge in [-0.1, -0.05) is 29.8 Å². The van der Waals surface area contributed by atoms with Crippen molar-refractivity contribution in [3.05, 3.63) is 28.2 Å². The Morgan fingerprint density at radius 1 is 1.47 bits per heavy atom. The van der Waals surface area contributed by atoms with E-state index in [0.717, 1.165) is 37.1 Å². The first-order valence-electron chi connectivity index (χ1n) is 6.98. The summed E-state index contributed by atoms with van der Waals surface area (Å²) in [5.74, 6) is 0.657. The largest absolute Gasteiger partial charge is 0.391 e. The van der Waals surface area contributed by atoms with E-state index in [-0.39, 0.29) is 6.10 Å². The summed E-state index contributed by atoms with van der Waals surface area (Å²) in [5, 5.41) is 13.2. The Bertz CT molecular complexity index is 423. The summed E-state index contributed by atoms with van der Waals surface area (Å²) in [5.41, 5.74) is 2.54. The van der Waals surface area contributed by atoms with Gasteiger partial charge in [0.05, 0.1) is 6.10 Å². The number of rotatable bonds is 5. The summed E-state index contributed by atoms with van der Waals surface area (Å²) < 4.78 is 1.11. The van der Waals surface area contributed by atoms with Gasteiger partial charge in [0.15, 0.2) is 0 Å². The van der Waals surface area contributed by atoms with E-state index in [9.17, 15) is 5.11 Å². The van der Waals surface area contributed by atoms with Gasteiger partial charge in [0.25, 0.3) is 0 Å². The zero-order valence-electron chi connectivity index (χ0n) is 11.7. The molecule has 0 spiro atoms. The Balaban J connectivity index is 2.09. The predicted octanol–water partition coefficient (Wildman–Crippen LogP) is 2.77. The van der Waals surface area contributed by atoms with Gasteiger partial charge >= 0.3 is 0 Å². The molecule has 4 heteroatoms. The van der Waals surface area contributed by atoms with Gasteiger partial charge in [0, 0.05) is 29.8 Å². The lowest BCUT2D eigenvalue weighted by Crippen LogP contribution is -2.25. The molecule has 1 heterocycles. The minimum atomic E-state index is -0.180. The highest BCUT2D eigenvalue weighted by molar-refractivity contribution is 9.10. The molecule has 1 aliphatic rings. The number of benzene rings is 1. The average molecular weight is 327 g/mol. The first-order chi connectivity index (χ1) is 9.06. The molecule has 0 radical (unpaired) electrons. The third-order valence-corrected chi connectivity index (χ3v) is 3.91. The van der Waals surface area contributed by atoms with E-state index in [1.807, 2.05) is 0 Å². The number of nitrogens with one attached hydrogen (secondary N) is 1. The Morgan fingerprint density at radius 2 is 2.26 bits per heavy atom. The van der Waals surface area contributed by atoms with Crippen LogP contribution < -0.4 is 10.2 Å². The normalized spacial score (nSPS) is 19.4. The van der Waals surface area contributed by atoms with Crippen molar-refractivity contribution in [1.82, 2.24) is 5.32 Å². The molecule has 3 nitrogen and oxygen atoms in total. The fraction of sp³-hybridized carbons (Fsp3) is 0.600. The lowest BCUT2D eigenvalue weighted by molar-refractivity contribution is 0.198. The van der Waals surface area contributed by atoms with Crippen LogP contribution >= 0.6 is 15.9 Å². The molecule has 0 aliphatic carbocycles. The molecule has 1 atom stereocenters. The number of aliphatic hydroxyl groups is 1. The second kappa shape index (κ2) is 6.73. The van der Waals surface area contributed by atoms with E-state index in [1.165, 1.54) is 11.3 Å². The Kier molecular flexibility index (Phi) is 5.25. The molecule has 1 saturated heterocycles. The highest BCUT2D eigenvalue weighted by Crippen LogP contribution is 2.27. The van der Waals surface area contributed by atoms with E-state index in [0.29, 0.717) is 5.92 Å². The van der Waals surface area contributed by atoms with Crippen molar-refractivity contribution < 1.29 is 5.11 Å². The zero-order chi connectivity index (χ0) is 13.8. The highest BCUT2D eigenvalue weighted by Gasteiger charge is 2.22. The standard InChI is InChI=1S/C15H23BrN2O/c1-11(2)8-17-9-12-7-13(16)3-4-15(12)18-6-5-14(19)10-18/h3-4,7,11,14,17,19H,5-6,8-10H2,1-2H3. The SMILES string of the molecule is CC(C)CNCc1cc(Br)ccc1N1CCC(O)C1. The minimum Gasteiger partial charge on any atom is -0.391 e. The quantitative estimate of drug-likeness (QED) is 0.873. The van der Waals surface area contributed by atoms with Gasteiger partial charge in [-0.25, -0.2) is 0 Å². The Hall–Kier alpha value is -0.580. The topological polar surface area (TPSA) is 35.5 Å². The molecule has 0 amide bonds. The fourth-order valence-electron chi connectivity index (χ4n) is 2.46. The highest BCUT2D eigenvalue weighted by atomic mass is 79.9. The molecule has 0 bridgehead atoms. The van der Waals surface area contributed by atoms with Crippen molar-refractivity contribution in [3.8, 4) is 0 Å². The molecule has 1 aromatic carbocycles. The van der Waals surface area contributed by atoms with Gasteiger partial charge in [-0.15, -0.1) is 0 Å². The summed E-state index contributed by atoms with van der Waals surface area (Å²) in [6.45, 7) is 8.02. The second-order valence-electron chi connectivity index (χ2n) is 5.69. The number of hydrogen-bond donors (Lipinski definition) is 2. The van der Waals surface area contributed by atoms with Gasteiger partial charge in [-0.3, -0.25) is 0 Å². The molecule has 1 fully saturated rings. The van der Waals surface area contributed by atoms with Crippen molar-refractivity contribution in [2.24, 2.45) is 5.92 Å². The van der Waals surface area contributed by atoms with Crippen LogP contribution in [-0.4, -0.2) is 30.8 Å². The Labute approximate surface area is 124 Å². The average Bonchev–Trinajstić information content (AvgIpc) is 2.75. The number of nitrogens with zero attached hydrogens (tertiary/aromatic N) is 1. The number of anilines is 1. The van der Waals surface area contributed by atoms with Crippen molar-refractivity contribution in [3.63, 3.8) is 0 Å². The van der Waals surface area contributed by atoms with Crippen LogP contribution in [0, 0.1) is 5.92 Å². The molecular formula is C15H23BrN2O. The number of hydrogen-bond acceptors (Lipinski definition) is 3. The third kappa shape index (κ3) is 4.20. The summed E-state index contributed by atoms with van der Waals surface area (Å²) in [6.07, 6.45) is 0.690. The van der Waals surface area contributed by atoms with Crippen molar-refractivity contribution >= 4 is 21.6 Å². The van der Waals surface area contributed by atoms with Gasteiger partial charge in [-0.2, -0.15) is 0 Å². The number of aliphatic hydroxyl groups excluding tert-OH is 1. The molecule has 19 heavy (non-hydrogen) atoms. The monoisotopic (exact) mass is 326 g/mol. The second-order valence-corrected chi connectivity index (χ2v) is 6.60. The van der Waals surface area contributed by atoms with Gasteiger partial charge < -0.3 is 15.3 Å². The zero-order valence-corrected chi connectivity index (χ0v) is 13.3. The molecule has 1 aliphatic heterocycles. The molecule has 0 aromatic heterocycles. The van der Waals surface area contributed by atoms with E-state index < -0.39 is 0 Å². The summed E-state index contributed by atoms with van der Waals surface area (Å²) in [4.78, 5) is 2.28. The summed E-state index contributed by atoms with van der Waals surface area (Å²) in [7, 11) is 0. The molecule has 106 valence electrons. The first kappa shape index (κ1) is 14.8. The maximum atomic E-state index is 9.69. The van der Waals surface area contributed by atoms with Gasteiger partial charge in [-0.05, 0) is 42.6 Å². The van der Waals surface area contributed by atoms with Crippen LogP contribution in [0.3, 0.4) is 0 Å². The van der Waals surface area contributed by atoms with Crippen LogP contribution in [0.25, 0.3) is 0 Å². The smallest absolute Gasteiger partial charge is 0.0731 e. The summed E-state index contributed by atoms with van der Waals surface area (Å²) >= 11 is 3.54. The van der Waals surface area contributed by atoms with Crippen molar-refractivity contribution in [2.75, 3.05) is 24.5 Å². The van der Waals surface area contributed by atoms with Gasteiger partial charge in [0.2, 0.25) is 0 Å². The predicted molar refractivity (Wildman–Crippen MR) is 83.5 cm³/mol. The van der Waals surface area contributed by atoms with Crippen molar-refractivity contribution in [1.29, 1.82) is 0 Å². The van der Waals surface area contributed by atoms with Crippen LogP contribution in [0.5, 0.6) is 0 Å². The number of halogens is 1. The molecule has 0 saturated carbocycles. The minimum absolute atomic E-state index is 0.180. The maximum absolute atomic E-state index is 9.69. The van der Waals surface area contributed by atoms with Gasteiger partial charge in [0.1, 0.15) is 0 Å². The van der Waals surface area contributed by atoms with Crippen LogP contribution in [0.1, 0.15) is 25.8 Å². The van der Waals surface area contributed by atoms with E-state index in [2.05, 4.69) is 58.2 Å². The lowest BCUT2D eigenvalue weighted by atomic mass is 10.1. The molecule has 1 unspecified atom stereocenters. The molecular weight excluding hydrogens is 304 g/mol. The van der Waals surface area contributed by atoms with Crippen molar-refractivity contribution in [2.45, 2.75) is 32.9 Å². The van der Waals surface area contributed by atoms with E-state index >= 15 is 0 Å². The molecule has 2 N–H and O–H groups in total. The van der Waals surface area contributed by atoms with E-state index in [4.69, 9.17) is 0 Å². The van der Waals surface area contributed by atoms with Crippen LogP contribution in [0.4, 0.5) is 5.69 Å². The van der Waals surface area contributed by atoms with Crippen LogP contribution in [0.2, 0.25) is 0 Å². The number of β-amino-alcohol motifs (C(OH)–C–C–N with tert-alkyl or cyclic N) is 1. The summed E-state index contributed by atoms with van der Waals surface area (Å²) in [6, 6.07) is 6.40. The first-order valence-corrected chi connectivity index (χ1v) is 7.77. The van der Waals surface area contributed by atoms with Crippen LogP contribution in [-0.2, 0) is 6.54 Å². The molecule has 1 aromatic rings. The Morgan fingerprint density at radius 3 is 2.89 bits per heavy atom. The third-order valence-electron chi connectivity index (χ3n) is 3.41. The molecule has 2 rings (SSSR count). The maximum Gasteiger partial charge on any atom is 0.0731 e. The van der Waals surface area contributed by atoms with E-state index in [1.54, 1.807) is 0 Å².